The zero-order valence-corrected chi connectivity index (χ0v) is 9.50. The molecule has 1 N–H and O–H groups in total. The van der Waals surface area contributed by atoms with E-state index in [0.717, 1.165) is 25.6 Å². The van der Waals surface area contributed by atoms with Gasteiger partial charge in [-0.05, 0) is 31.2 Å². The van der Waals surface area contributed by atoms with Gasteiger partial charge in [-0.2, -0.15) is 0 Å². The van der Waals surface area contributed by atoms with Gasteiger partial charge in [0, 0.05) is 25.6 Å². The van der Waals surface area contributed by atoms with Gasteiger partial charge in [-0.3, -0.25) is 0 Å². The van der Waals surface area contributed by atoms with Crippen LogP contribution in [0.4, 0.5) is 0 Å². The van der Waals surface area contributed by atoms with Crippen molar-refractivity contribution in [3.8, 4) is 0 Å². The van der Waals surface area contributed by atoms with Crippen molar-refractivity contribution in [3.63, 3.8) is 0 Å². The molecule has 0 radical (unpaired) electrons. The lowest BCUT2D eigenvalue weighted by atomic mass is 10.2. The Labute approximate surface area is 89.9 Å². The molecule has 1 aromatic heterocycles. The Bertz CT molecular complexity index is 516. The molecule has 0 saturated carbocycles. The molecule has 0 saturated heterocycles. The molecule has 2 rings (SSSR count). The van der Waals surface area contributed by atoms with Gasteiger partial charge in [-0.25, -0.2) is 0 Å². The maximum atomic E-state index is 5.26. The monoisotopic (exact) mass is 253 g/mol. The molecule has 1 aromatic carbocycles. The van der Waals surface area contributed by atoms with E-state index < -0.39 is 0 Å². The first-order valence-corrected chi connectivity index (χ1v) is 5.16. The molecule has 3 heteroatoms. The summed E-state index contributed by atoms with van der Waals surface area (Å²) in [6.45, 7) is 2.01. The lowest BCUT2D eigenvalue weighted by Crippen LogP contribution is -1.83. The molecule has 1 nitrogen and oxygen atoms in total. The number of H-pyrrole nitrogens is 1. The summed E-state index contributed by atoms with van der Waals surface area (Å²) in [4.78, 5) is 3.27. The normalized spacial score (nSPS) is 10.6. The van der Waals surface area contributed by atoms with E-state index in [9.17, 15) is 0 Å². The van der Waals surface area contributed by atoms with Gasteiger partial charge >= 0.3 is 0 Å². The van der Waals surface area contributed by atoms with E-state index in [4.69, 9.17) is 12.2 Å². The van der Waals surface area contributed by atoms with Crippen LogP contribution in [0.5, 0.6) is 0 Å². The Balaban J connectivity index is 2.95. The minimum Gasteiger partial charge on any atom is -0.359 e. The predicted molar refractivity (Wildman–Crippen MR) is 61.6 cm³/mol. The number of rotatable bonds is 0. The number of fused-ring (bicyclic) bond motifs is 1. The average molecular weight is 254 g/mol. The number of hydrogen-bond acceptors (Lipinski definition) is 1. The van der Waals surface area contributed by atoms with Crippen molar-refractivity contribution in [3.05, 3.63) is 38.9 Å². The Morgan fingerprint density at radius 1 is 1.31 bits per heavy atom. The molecule has 0 unspecified atom stereocenters. The zero-order chi connectivity index (χ0) is 9.42. The van der Waals surface area contributed by atoms with Crippen LogP contribution in [0.2, 0.25) is 0 Å². The molecule has 1 heterocycles. The smallest absolute Gasteiger partial charge is 0.0487 e. The van der Waals surface area contributed by atoms with E-state index in [1.54, 1.807) is 0 Å². The lowest BCUT2D eigenvalue weighted by Gasteiger charge is -2.01. The third-order valence-electron chi connectivity index (χ3n) is 1.93. The largest absolute Gasteiger partial charge is 0.359 e. The summed E-state index contributed by atoms with van der Waals surface area (Å²) >= 11 is 8.68. The number of pyridine rings is 1. The maximum absolute atomic E-state index is 5.26. The van der Waals surface area contributed by atoms with Crippen molar-refractivity contribution in [2.45, 2.75) is 6.92 Å². The highest BCUT2D eigenvalue weighted by atomic mass is 79.9. The quantitative estimate of drug-likeness (QED) is 0.703. The number of hydrogen-bond donors (Lipinski definition) is 1. The second-order valence-electron chi connectivity index (χ2n) is 3.01. The molecule has 0 aliphatic rings. The topological polar surface area (TPSA) is 15.8 Å². The Morgan fingerprint density at radius 3 is 2.85 bits per heavy atom. The molecule has 66 valence electrons. The highest BCUT2D eigenvalue weighted by Crippen LogP contribution is 2.19. The number of halogens is 1. The molecular formula is C10H8BrNS. The van der Waals surface area contributed by atoms with E-state index in [0.29, 0.717) is 0 Å². The molecule has 0 aliphatic carbocycles. The molecule has 0 atom stereocenters. The van der Waals surface area contributed by atoms with Crippen LogP contribution in [-0.4, -0.2) is 4.98 Å². The van der Waals surface area contributed by atoms with Gasteiger partial charge in [0.25, 0.3) is 0 Å². The van der Waals surface area contributed by atoms with Crippen LogP contribution in [0.25, 0.3) is 10.9 Å². The zero-order valence-electron chi connectivity index (χ0n) is 7.10. The molecule has 13 heavy (non-hydrogen) atoms. The summed E-state index contributed by atoms with van der Waals surface area (Å²) in [5.74, 6) is 0. The first-order valence-electron chi connectivity index (χ1n) is 3.96. The highest BCUT2D eigenvalue weighted by Gasteiger charge is 1.97. The summed E-state index contributed by atoms with van der Waals surface area (Å²) in [6.07, 6.45) is 0. The van der Waals surface area contributed by atoms with E-state index in [2.05, 4.69) is 20.9 Å². The molecule has 0 aliphatic heterocycles. The molecule has 0 amide bonds. The highest BCUT2D eigenvalue weighted by molar-refractivity contribution is 9.10. The lowest BCUT2D eigenvalue weighted by molar-refractivity contribution is 1.25. The van der Waals surface area contributed by atoms with Crippen LogP contribution in [-0.2, 0) is 0 Å². The second kappa shape index (κ2) is 3.24. The number of aromatic nitrogens is 1. The van der Waals surface area contributed by atoms with Gasteiger partial charge in [-0.15, -0.1) is 0 Å². The third-order valence-corrected chi connectivity index (χ3v) is 2.76. The van der Waals surface area contributed by atoms with Crippen molar-refractivity contribution >= 4 is 39.1 Å². The molecule has 0 fully saturated rings. The van der Waals surface area contributed by atoms with Crippen LogP contribution in [0.3, 0.4) is 0 Å². The summed E-state index contributed by atoms with van der Waals surface area (Å²) in [6, 6.07) is 8.05. The van der Waals surface area contributed by atoms with E-state index in [-0.39, 0.29) is 0 Å². The molecule has 2 aromatic rings. The van der Waals surface area contributed by atoms with Crippen molar-refractivity contribution in [2.24, 2.45) is 0 Å². The van der Waals surface area contributed by atoms with Gasteiger partial charge in [0.2, 0.25) is 0 Å². The Kier molecular flexibility index (Phi) is 2.22. The van der Waals surface area contributed by atoms with Gasteiger partial charge < -0.3 is 4.98 Å². The fraction of sp³-hybridized carbons (Fsp3) is 0.100. The standard InChI is InChI=1S/C10H8BrNS/c1-6-4-10(13)8-5-7(11)2-3-9(8)12-6/h2-5H,1H3,(H,12,13). The number of aryl methyl sites for hydroxylation is 1. The average Bonchev–Trinajstić information content (AvgIpc) is 2.06. The van der Waals surface area contributed by atoms with Gasteiger partial charge in [0.05, 0.1) is 0 Å². The maximum Gasteiger partial charge on any atom is 0.0487 e. The summed E-state index contributed by atoms with van der Waals surface area (Å²) in [7, 11) is 0. The van der Waals surface area contributed by atoms with E-state index in [1.165, 1.54) is 0 Å². The first kappa shape index (κ1) is 8.91. The molecule has 0 bridgehead atoms. The van der Waals surface area contributed by atoms with Crippen molar-refractivity contribution in [2.75, 3.05) is 0 Å². The van der Waals surface area contributed by atoms with Gasteiger partial charge in [-0.1, -0.05) is 28.1 Å². The third kappa shape index (κ3) is 1.67. The second-order valence-corrected chi connectivity index (χ2v) is 4.36. The van der Waals surface area contributed by atoms with E-state index >= 15 is 0 Å². The van der Waals surface area contributed by atoms with Crippen molar-refractivity contribution in [1.82, 2.24) is 4.98 Å². The van der Waals surface area contributed by atoms with Crippen LogP contribution >= 0.6 is 28.1 Å². The van der Waals surface area contributed by atoms with Crippen LogP contribution in [0.1, 0.15) is 5.69 Å². The number of nitrogens with one attached hydrogen (secondary N) is 1. The Morgan fingerprint density at radius 2 is 2.08 bits per heavy atom. The minimum absolute atomic E-state index is 0.896. The fourth-order valence-corrected chi connectivity index (χ4v) is 2.06. The van der Waals surface area contributed by atoms with Crippen LogP contribution in [0, 0.1) is 11.4 Å². The number of aromatic amines is 1. The molecule has 0 spiro atoms. The van der Waals surface area contributed by atoms with Crippen LogP contribution < -0.4 is 0 Å². The fourth-order valence-electron chi connectivity index (χ4n) is 1.35. The minimum atomic E-state index is 0.896. The van der Waals surface area contributed by atoms with Crippen molar-refractivity contribution in [1.29, 1.82) is 0 Å². The van der Waals surface area contributed by atoms with E-state index in [1.807, 2.05) is 31.2 Å². The summed E-state index contributed by atoms with van der Waals surface area (Å²) in [5, 5.41) is 1.09. The molecular weight excluding hydrogens is 246 g/mol. The Hall–Kier alpha value is -0.670. The van der Waals surface area contributed by atoms with Gasteiger partial charge in [0.15, 0.2) is 0 Å². The van der Waals surface area contributed by atoms with Gasteiger partial charge in [0.1, 0.15) is 0 Å². The van der Waals surface area contributed by atoms with Crippen molar-refractivity contribution < 1.29 is 0 Å². The number of benzene rings is 1. The first-order chi connectivity index (χ1) is 6.16. The summed E-state index contributed by atoms with van der Waals surface area (Å²) < 4.78 is 1.95. The SMILES string of the molecule is Cc1cc(=S)c2cc(Br)ccc2[nH]1. The summed E-state index contributed by atoms with van der Waals surface area (Å²) in [5.41, 5.74) is 2.19. The van der Waals surface area contributed by atoms with Crippen LogP contribution in [0.15, 0.2) is 28.7 Å². The predicted octanol–water partition coefficient (Wildman–Crippen LogP) is 3.97.